The zero-order valence-electron chi connectivity index (χ0n) is 12.6. The first kappa shape index (κ1) is 16.9. The minimum Gasteiger partial charge on any atom is -0.448 e. The quantitative estimate of drug-likeness (QED) is 0.880. The lowest BCUT2D eigenvalue weighted by Crippen LogP contribution is -2.39. The average molecular weight is 359 g/mol. The van der Waals surface area contributed by atoms with Crippen molar-refractivity contribution in [3.8, 4) is 5.75 Å². The van der Waals surface area contributed by atoms with Gasteiger partial charge in [0, 0.05) is 13.1 Å². The second-order valence-corrected chi connectivity index (χ2v) is 5.24. The Morgan fingerprint density at radius 2 is 1.96 bits per heavy atom. The number of nitrogens with zero attached hydrogens (tertiary/aromatic N) is 2. The summed E-state index contributed by atoms with van der Waals surface area (Å²) in [6, 6.07) is 3.05. The number of amides is 1. The van der Waals surface area contributed by atoms with Crippen LogP contribution in [0.5, 0.6) is 5.75 Å². The fourth-order valence-corrected chi connectivity index (χ4v) is 2.48. The average Bonchev–Trinajstić information content (AvgIpc) is 2.92. The van der Waals surface area contributed by atoms with Crippen LogP contribution < -0.4 is 16.0 Å². The molecule has 0 spiro atoms. The summed E-state index contributed by atoms with van der Waals surface area (Å²) in [5, 5.41) is -0.134. The Labute approximate surface area is 137 Å². The second-order valence-electron chi connectivity index (χ2n) is 5.24. The summed E-state index contributed by atoms with van der Waals surface area (Å²) in [5.41, 5.74) is -1.42. The molecule has 8 nitrogen and oxygen atoms in total. The predicted molar refractivity (Wildman–Crippen MR) is 78.4 cm³/mol. The normalized spacial score (nSPS) is 14.8. The van der Waals surface area contributed by atoms with Crippen LogP contribution in [0.15, 0.2) is 27.8 Å². The Kier molecular flexibility index (Phi) is 4.15. The van der Waals surface area contributed by atoms with Gasteiger partial charge in [-0.15, -0.1) is 13.2 Å². The number of benzene rings is 1. The van der Waals surface area contributed by atoms with Crippen molar-refractivity contribution in [2.75, 3.05) is 19.7 Å². The maximum atomic E-state index is 12.4. The van der Waals surface area contributed by atoms with Gasteiger partial charge in [0.2, 0.25) is 0 Å². The van der Waals surface area contributed by atoms with Crippen molar-refractivity contribution in [3.63, 3.8) is 0 Å². The van der Waals surface area contributed by atoms with Crippen molar-refractivity contribution in [1.82, 2.24) is 14.5 Å². The second kappa shape index (κ2) is 6.15. The fourth-order valence-electron chi connectivity index (χ4n) is 2.48. The zero-order chi connectivity index (χ0) is 18.2. The molecular formula is C14H12F3N3O5. The van der Waals surface area contributed by atoms with Gasteiger partial charge in [0.1, 0.15) is 12.4 Å². The minimum atomic E-state index is -4.90. The minimum absolute atomic E-state index is 0.0616. The van der Waals surface area contributed by atoms with E-state index in [9.17, 15) is 27.6 Å². The number of alkyl halides is 3. The molecule has 134 valence electrons. The van der Waals surface area contributed by atoms with E-state index in [1.54, 1.807) is 0 Å². The molecule has 1 aliphatic rings. The van der Waals surface area contributed by atoms with E-state index in [1.165, 1.54) is 4.90 Å². The number of aromatic nitrogens is 2. The number of fused-ring (bicyclic) bond motifs is 1. The molecule has 1 N–H and O–H groups in total. The van der Waals surface area contributed by atoms with Crippen molar-refractivity contribution in [3.05, 3.63) is 39.0 Å². The molecule has 0 unspecified atom stereocenters. The monoisotopic (exact) mass is 359 g/mol. The Morgan fingerprint density at radius 3 is 2.60 bits per heavy atom. The van der Waals surface area contributed by atoms with Gasteiger partial charge in [-0.1, -0.05) is 0 Å². The molecule has 1 saturated heterocycles. The Bertz CT molecular complexity index is 934. The van der Waals surface area contributed by atoms with E-state index in [0.29, 0.717) is 6.54 Å². The molecule has 0 aliphatic carbocycles. The molecule has 3 rings (SSSR count). The molecule has 1 aliphatic heterocycles. The molecule has 2 heterocycles. The number of nitrogens with one attached hydrogen (secondary N) is 1. The summed E-state index contributed by atoms with van der Waals surface area (Å²) >= 11 is 0. The van der Waals surface area contributed by atoms with Crippen molar-refractivity contribution >= 4 is 17.0 Å². The van der Waals surface area contributed by atoms with Crippen LogP contribution in [0.25, 0.3) is 10.9 Å². The van der Waals surface area contributed by atoms with Crippen LogP contribution in [0, 0.1) is 0 Å². The molecule has 1 aromatic carbocycles. The molecule has 0 atom stereocenters. The molecule has 0 bridgehead atoms. The van der Waals surface area contributed by atoms with Crippen molar-refractivity contribution in [2.24, 2.45) is 0 Å². The molecule has 2 aromatic rings. The van der Waals surface area contributed by atoms with Crippen LogP contribution in [-0.4, -0.2) is 46.6 Å². The molecular weight excluding hydrogens is 347 g/mol. The first-order valence-corrected chi connectivity index (χ1v) is 7.19. The van der Waals surface area contributed by atoms with Crippen molar-refractivity contribution in [2.45, 2.75) is 12.9 Å². The van der Waals surface area contributed by atoms with Gasteiger partial charge in [-0.05, 0) is 18.2 Å². The van der Waals surface area contributed by atoms with E-state index in [1.807, 2.05) is 0 Å². The number of H-pyrrole nitrogens is 1. The smallest absolute Gasteiger partial charge is 0.448 e. The Hall–Kier alpha value is -2.98. The number of halogens is 3. The van der Waals surface area contributed by atoms with Gasteiger partial charge in [-0.2, -0.15) is 0 Å². The highest BCUT2D eigenvalue weighted by molar-refractivity contribution is 5.78. The molecule has 0 saturated carbocycles. The first-order chi connectivity index (χ1) is 11.7. The van der Waals surface area contributed by atoms with Crippen molar-refractivity contribution in [1.29, 1.82) is 0 Å². The summed E-state index contributed by atoms with van der Waals surface area (Å²) in [6.07, 6.45) is -5.45. The third-order valence-corrected chi connectivity index (χ3v) is 3.63. The molecule has 1 amide bonds. The molecule has 0 radical (unpaired) electrons. The van der Waals surface area contributed by atoms with Crippen LogP contribution in [-0.2, 0) is 11.3 Å². The predicted octanol–water partition coefficient (Wildman–Crippen LogP) is 1.04. The maximum absolute atomic E-state index is 12.4. The van der Waals surface area contributed by atoms with E-state index in [0.717, 1.165) is 22.8 Å². The summed E-state index contributed by atoms with van der Waals surface area (Å²) < 4.78 is 46.2. The third-order valence-electron chi connectivity index (χ3n) is 3.63. The van der Waals surface area contributed by atoms with Gasteiger partial charge < -0.3 is 19.4 Å². The molecule has 11 heteroatoms. The summed E-state index contributed by atoms with van der Waals surface area (Å²) in [6.45, 7) is 0.498. The molecule has 1 aromatic heterocycles. The van der Waals surface area contributed by atoms with Gasteiger partial charge in [-0.25, -0.2) is 9.59 Å². The van der Waals surface area contributed by atoms with Crippen LogP contribution >= 0.6 is 0 Å². The SMILES string of the molecule is O=C1OCCN1CCn1c(=O)[nH]c2ccc(OC(F)(F)F)cc2c1=O. The van der Waals surface area contributed by atoms with Crippen molar-refractivity contribution < 1.29 is 27.4 Å². The number of hydrogen-bond acceptors (Lipinski definition) is 5. The van der Waals surface area contributed by atoms with E-state index < -0.39 is 29.5 Å². The number of rotatable bonds is 4. The van der Waals surface area contributed by atoms with Crippen LogP contribution in [0.3, 0.4) is 0 Å². The summed E-state index contributed by atoms with van der Waals surface area (Å²) in [7, 11) is 0. The number of cyclic esters (lactones) is 1. The highest BCUT2D eigenvalue weighted by Gasteiger charge is 2.31. The third kappa shape index (κ3) is 3.59. The van der Waals surface area contributed by atoms with Crippen LogP contribution in [0.4, 0.5) is 18.0 Å². The number of carbonyl (C=O) groups is 1. The van der Waals surface area contributed by atoms with Gasteiger partial charge in [0.15, 0.2) is 0 Å². The largest absolute Gasteiger partial charge is 0.573 e. The lowest BCUT2D eigenvalue weighted by atomic mass is 10.2. The Balaban J connectivity index is 1.94. The van der Waals surface area contributed by atoms with E-state index in [4.69, 9.17) is 4.74 Å². The van der Waals surface area contributed by atoms with Gasteiger partial charge >= 0.3 is 18.1 Å². The fraction of sp³-hybridized carbons (Fsp3) is 0.357. The van der Waals surface area contributed by atoms with Crippen LogP contribution in [0.1, 0.15) is 0 Å². The molecule has 1 fully saturated rings. The number of aromatic amines is 1. The summed E-state index contributed by atoms with van der Waals surface area (Å²) in [4.78, 5) is 39.5. The maximum Gasteiger partial charge on any atom is 0.573 e. The van der Waals surface area contributed by atoms with Gasteiger partial charge in [0.05, 0.1) is 17.4 Å². The van der Waals surface area contributed by atoms with Gasteiger partial charge in [0.25, 0.3) is 5.56 Å². The number of hydrogen-bond donors (Lipinski definition) is 1. The van der Waals surface area contributed by atoms with Gasteiger partial charge in [-0.3, -0.25) is 9.36 Å². The molecule has 25 heavy (non-hydrogen) atoms. The highest BCUT2D eigenvalue weighted by Crippen LogP contribution is 2.24. The number of ether oxygens (including phenoxy) is 2. The summed E-state index contributed by atoms with van der Waals surface area (Å²) in [5.74, 6) is -0.571. The standard InChI is InChI=1S/C14H12F3N3O5/c15-14(16,17)25-8-1-2-10-9(7-8)11(21)20(12(22)18-10)4-3-19-5-6-24-13(19)23/h1-2,7H,3-6H2,(H,18,22). The lowest BCUT2D eigenvalue weighted by molar-refractivity contribution is -0.274. The highest BCUT2D eigenvalue weighted by atomic mass is 19.4. The van der Waals surface area contributed by atoms with E-state index >= 15 is 0 Å². The Morgan fingerprint density at radius 1 is 1.20 bits per heavy atom. The van der Waals surface area contributed by atoms with Crippen LogP contribution in [0.2, 0.25) is 0 Å². The van der Waals surface area contributed by atoms with E-state index in [-0.39, 0.29) is 30.6 Å². The van der Waals surface area contributed by atoms with E-state index in [2.05, 4.69) is 9.72 Å². The first-order valence-electron chi connectivity index (χ1n) is 7.19. The number of carbonyl (C=O) groups excluding carboxylic acids is 1. The zero-order valence-corrected chi connectivity index (χ0v) is 12.6. The lowest BCUT2D eigenvalue weighted by Gasteiger charge is -2.13. The topological polar surface area (TPSA) is 93.6 Å².